The molecule has 0 heterocycles. The van der Waals surface area contributed by atoms with Crippen LogP contribution in [-0.2, 0) is 0 Å². The minimum atomic E-state index is -2.85. The van der Waals surface area contributed by atoms with Crippen LogP contribution in [0.4, 0.5) is 13.2 Å². The van der Waals surface area contributed by atoms with Crippen molar-refractivity contribution in [3.63, 3.8) is 0 Å². The number of hydrogen-bond donors (Lipinski definition) is 2. The molecule has 0 bridgehead atoms. The highest BCUT2D eigenvalue weighted by Crippen LogP contribution is 2.17. The molecule has 0 saturated carbocycles. The van der Waals surface area contributed by atoms with Crippen LogP contribution < -0.4 is 5.46 Å². The summed E-state index contributed by atoms with van der Waals surface area (Å²) in [7, 11) is -2.08. The van der Waals surface area contributed by atoms with Gasteiger partial charge in [-0.2, -0.15) is 0 Å². The van der Waals surface area contributed by atoms with Crippen molar-refractivity contribution in [1.29, 1.82) is 0 Å². The Bertz CT molecular complexity index is 304. The van der Waals surface area contributed by atoms with Crippen LogP contribution in [0.2, 0.25) is 0 Å². The van der Waals surface area contributed by atoms with E-state index in [2.05, 4.69) is 0 Å². The van der Waals surface area contributed by atoms with Crippen LogP contribution in [0.5, 0.6) is 0 Å². The molecule has 0 saturated heterocycles. The molecular weight excluding hydrogens is 184 g/mol. The molecule has 2 N–H and O–H groups in total. The summed E-state index contributed by atoms with van der Waals surface area (Å²) in [4.78, 5) is 0. The fourth-order valence-corrected chi connectivity index (χ4v) is 0.968. The highest BCUT2D eigenvalue weighted by atomic mass is 19.3. The standard InChI is InChI=1S/C7H6BF3O2/c9-4-1-2-5(7(10)11)6(3-4)8(12)13/h1-3,7,12-13H. The molecule has 1 rings (SSSR count). The van der Waals surface area contributed by atoms with Crippen molar-refractivity contribution in [3.8, 4) is 0 Å². The first-order valence-corrected chi connectivity index (χ1v) is 3.46. The molecule has 1 aromatic rings. The summed E-state index contributed by atoms with van der Waals surface area (Å²) in [5.74, 6) is -0.785. The SMILES string of the molecule is OB(O)c1cc(F)ccc1C(F)F. The molecule has 0 radical (unpaired) electrons. The second-order valence-electron chi connectivity index (χ2n) is 2.45. The molecular formula is C7H6BF3O2. The molecule has 0 unspecified atom stereocenters. The number of alkyl halides is 2. The zero-order valence-electron chi connectivity index (χ0n) is 6.42. The molecule has 0 aromatic heterocycles. The van der Waals surface area contributed by atoms with E-state index in [-0.39, 0.29) is 0 Å². The van der Waals surface area contributed by atoms with E-state index in [1.165, 1.54) is 0 Å². The van der Waals surface area contributed by atoms with Gasteiger partial charge in [0.05, 0.1) is 0 Å². The molecule has 6 heteroatoms. The van der Waals surface area contributed by atoms with Crippen molar-refractivity contribution in [3.05, 3.63) is 29.6 Å². The van der Waals surface area contributed by atoms with Gasteiger partial charge >= 0.3 is 7.12 Å². The fraction of sp³-hybridized carbons (Fsp3) is 0.143. The van der Waals surface area contributed by atoms with Crippen LogP contribution in [0.1, 0.15) is 12.0 Å². The van der Waals surface area contributed by atoms with Crippen LogP contribution in [0.25, 0.3) is 0 Å². The van der Waals surface area contributed by atoms with Gasteiger partial charge in [-0.3, -0.25) is 0 Å². The van der Waals surface area contributed by atoms with Crippen LogP contribution in [0, 0.1) is 5.82 Å². The summed E-state index contributed by atoms with van der Waals surface area (Å²) in [6, 6.07) is 2.34. The molecule has 70 valence electrons. The fourth-order valence-electron chi connectivity index (χ4n) is 0.968. The second kappa shape index (κ2) is 3.80. The smallest absolute Gasteiger partial charge is 0.423 e. The van der Waals surface area contributed by atoms with E-state index in [9.17, 15) is 13.2 Å². The minimum absolute atomic E-state index is 0.505. The lowest BCUT2D eigenvalue weighted by atomic mass is 9.77. The third-order valence-corrected chi connectivity index (χ3v) is 1.56. The summed E-state index contributed by atoms with van der Waals surface area (Å²) in [6.07, 6.45) is -2.85. The molecule has 2 nitrogen and oxygen atoms in total. The zero-order valence-corrected chi connectivity index (χ0v) is 6.42. The molecule has 0 spiro atoms. The third kappa shape index (κ3) is 2.23. The Morgan fingerprint density at radius 1 is 1.23 bits per heavy atom. The molecule has 13 heavy (non-hydrogen) atoms. The Morgan fingerprint density at radius 2 is 1.85 bits per heavy atom. The quantitative estimate of drug-likeness (QED) is 0.664. The lowest BCUT2D eigenvalue weighted by Crippen LogP contribution is -2.33. The van der Waals surface area contributed by atoms with Crippen molar-refractivity contribution >= 4 is 12.6 Å². The largest absolute Gasteiger partial charge is 0.489 e. The first-order valence-electron chi connectivity index (χ1n) is 3.46. The van der Waals surface area contributed by atoms with E-state index >= 15 is 0 Å². The maximum Gasteiger partial charge on any atom is 0.489 e. The Morgan fingerprint density at radius 3 is 2.31 bits per heavy atom. The Kier molecular flexibility index (Phi) is 2.95. The van der Waals surface area contributed by atoms with E-state index in [1.807, 2.05) is 0 Å². The van der Waals surface area contributed by atoms with Gasteiger partial charge < -0.3 is 10.0 Å². The monoisotopic (exact) mass is 190 g/mol. The van der Waals surface area contributed by atoms with Crippen LogP contribution in [0.3, 0.4) is 0 Å². The van der Waals surface area contributed by atoms with Crippen molar-refractivity contribution in [1.82, 2.24) is 0 Å². The van der Waals surface area contributed by atoms with Gasteiger partial charge in [-0.15, -0.1) is 0 Å². The van der Waals surface area contributed by atoms with Gasteiger partial charge in [0.1, 0.15) is 5.82 Å². The van der Waals surface area contributed by atoms with Gasteiger partial charge in [-0.05, 0) is 17.6 Å². The van der Waals surface area contributed by atoms with E-state index < -0.39 is 30.4 Å². The lowest BCUT2D eigenvalue weighted by molar-refractivity contribution is 0.152. The number of benzene rings is 1. The number of hydrogen-bond acceptors (Lipinski definition) is 2. The van der Waals surface area contributed by atoms with Gasteiger partial charge in [0.15, 0.2) is 0 Å². The second-order valence-corrected chi connectivity index (χ2v) is 2.45. The lowest BCUT2D eigenvalue weighted by Gasteiger charge is -2.07. The molecule has 0 atom stereocenters. The Hall–Kier alpha value is -1.01. The maximum absolute atomic E-state index is 12.5. The number of rotatable bonds is 2. The van der Waals surface area contributed by atoms with E-state index in [0.717, 1.165) is 12.1 Å². The molecule has 0 aliphatic carbocycles. The van der Waals surface area contributed by atoms with E-state index in [1.54, 1.807) is 0 Å². The van der Waals surface area contributed by atoms with Crippen molar-refractivity contribution in [2.75, 3.05) is 0 Å². The van der Waals surface area contributed by atoms with Crippen molar-refractivity contribution in [2.45, 2.75) is 6.43 Å². The van der Waals surface area contributed by atoms with Gasteiger partial charge in [0.2, 0.25) is 0 Å². The van der Waals surface area contributed by atoms with Gasteiger partial charge in [-0.25, -0.2) is 13.2 Å². The predicted octanol–water partition coefficient (Wildman–Crippen LogP) is 0.443. The highest BCUT2D eigenvalue weighted by molar-refractivity contribution is 6.59. The highest BCUT2D eigenvalue weighted by Gasteiger charge is 2.21. The van der Waals surface area contributed by atoms with Crippen LogP contribution in [0.15, 0.2) is 18.2 Å². The summed E-state index contributed by atoms with van der Waals surface area (Å²) in [6.45, 7) is 0. The predicted molar refractivity (Wildman–Crippen MR) is 41.2 cm³/mol. The van der Waals surface area contributed by atoms with E-state index in [4.69, 9.17) is 10.0 Å². The van der Waals surface area contributed by atoms with Gasteiger partial charge in [0.25, 0.3) is 6.43 Å². The van der Waals surface area contributed by atoms with Gasteiger partial charge in [0, 0.05) is 5.56 Å². The Labute approximate surface area is 72.8 Å². The normalized spacial score (nSPS) is 10.6. The van der Waals surface area contributed by atoms with Crippen molar-refractivity contribution < 1.29 is 23.2 Å². The van der Waals surface area contributed by atoms with E-state index in [0.29, 0.717) is 6.07 Å². The van der Waals surface area contributed by atoms with Crippen molar-refractivity contribution in [2.24, 2.45) is 0 Å². The first kappa shape index (κ1) is 10.1. The maximum atomic E-state index is 12.5. The van der Waals surface area contributed by atoms with Crippen LogP contribution in [-0.4, -0.2) is 17.2 Å². The minimum Gasteiger partial charge on any atom is -0.423 e. The first-order chi connectivity index (χ1) is 6.02. The molecule has 1 aromatic carbocycles. The summed E-state index contributed by atoms with van der Waals surface area (Å²) < 4.78 is 36.9. The molecule has 0 aliphatic heterocycles. The third-order valence-electron chi connectivity index (χ3n) is 1.56. The average molecular weight is 190 g/mol. The topological polar surface area (TPSA) is 40.5 Å². The molecule has 0 aliphatic rings. The summed E-state index contributed by atoms with van der Waals surface area (Å²) >= 11 is 0. The molecule has 0 amide bonds. The summed E-state index contributed by atoms with van der Waals surface area (Å²) in [5.41, 5.74) is -1.08. The number of halogens is 3. The van der Waals surface area contributed by atoms with Gasteiger partial charge in [-0.1, -0.05) is 6.07 Å². The summed E-state index contributed by atoms with van der Waals surface area (Å²) in [5, 5.41) is 17.3. The Balaban J connectivity index is 3.19. The van der Waals surface area contributed by atoms with Crippen LogP contribution >= 0.6 is 0 Å². The molecule has 0 fully saturated rings. The average Bonchev–Trinajstić information content (AvgIpc) is 2.03. The zero-order chi connectivity index (χ0) is 10.0.